The van der Waals surface area contributed by atoms with Crippen molar-refractivity contribution in [2.24, 2.45) is 0 Å². The summed E-state index contributed by atoms with van der Waals surface area (Å²) in [6, 6.07) is 7.28. The van der Waals surface area contributed by atoms with Gasteiger partial charge < -0.3 is 67.3 Å². The normalized spacial score (nSPS) is 11.6. The zero-order valence-electron chi connectivity index (χ0n) is 37.8. The molecule has 0 aliphatic carbocycles. The van der Waals surface area contributed by atoms with Crippen LogP contribution in [0.1, 0.15) is 96.8 Å². The Morgan fingerprint density at radius 3 is 0.750 bits per heavy atom. The highest BCUT2D eigenvalue weighted by atomic mass is 16.6. The summed E-state index contributed by atoms with van der Waals surface area (Å²) >= 11 is 0. The lowest BCUT2D eigenvalue weighted by Gasteiger charge is -2.09. The highest BCUT2D eigenvalue weighted by Crippen LogP contribution is 2.14. The minimum absolute atomic E-state index is 0.475. The Labute approximate surface area is 364 Å². The maximum atomic E-state index is 5.69. The van der Waals surface area contributed by atoms with Gasteiger partial charge in [0.1, 0.15) is 12.4 Å². The van der Waals surface area contributed by atoms with Gasteiger partial charge in [-0.15, -0.1) is 0 Å². The van der Waals surface area contributed by atoms with Gasteiger partial charge in [0.25, 0.3) is 0 Å². The van der Waals surface area contributed by atoms with Gasteiger partial charge in [-0.3, -0.25) is 0 Å². The first-order valence-electron chi connectivity index (χ1n) is 23.2. The van der Waals surface area contributed by atoms with Crippen LogP contribution in [0.15, 0.2) is 24.3 Å². The predicted octanol–water partition coefficient (Wildman–Crippen LogP) is 7.33. The molecule has 0 saturated carbocycles. The topological polar surface area (TPSA) is 146 Å². The van der Waals surface area contributed by atoms with Crippen molar-refractivity contribution in [3.8, 4) is 5.75 Å². The lowest BCUT2D eigenvalue weighted by atomic mass is 10.0. The molecular weight excluding hydrogens is 774 g/mol. The molecule has 1 aromatic rings. The van der Waals surface area contributed by atoms with Crippen molar-refractivity contribution >= 4 is 5.69 Å². The molecule has 14 nitrogen and oxygen atoms in total. The average molecular weight is 862 g/mol. The van der Waals surface area contributed by atoms with Gasteiger partial charge in [-0.05, 0) is 30.7 Å². The van der Waals surface area contributed by atoms with Crippen molar-refractivity contribution in [2.75, 3.05) is 171 Å². The molecule has 2 N–H and O–H groups in total. The number of benzene rings is 1. The summed E-state index contributed by atoms with van der Waals surface area (Å²) in [5.74, 6) is 0.773. The van der Waals surface area contributed by atoms with Crippen LogP contribution in [0.5, 0.6) is 5.75 Å². The van der Waals surface area contributed by atoms with Gasteiger partial charge in [-0.25, -0.2) is 0 Å². The lowest BCUT2D eigenvalue weighted by molar-refractivity contribution is -0.0285. The standard InChI is InChI=1S/C46H87NO13/c1-2-3-4-5-6-7-8-9-10-11-12-13-14-15-20-48-21-22-49-23-24-50-25-26-51-27-28-52-29-30-53-31-32-54-33-34-55-35-36-56-37-38-57-39-40-58-41-42-59-43-44-60-46-18-16-45(47)17-19-46/h16-19H,2-15,20-44,47H2,1H3. The molecule has 0 aliphatic rings. The van der Waals surface area contributed by atoms with E-state index < -0.39 is 0 Å². The van der Waals surface area contributed by atoms with E-state index in [4.69, 9.17) is 67.3 Å². The minimum Gasteiger partial charge on any atom is -0.491 e. The van der Waals surface area contributed by atoms with Gasteiger partial charge in [-0.2, -0.15) is 0 Å². The van der Waals surface area contributed by atoms with E-state index in [9.17, 15) is 0 Å². The molecule has 0 bridgehead atoms. The van der Waals surface area contributed by atoms with E-state index in [2.05, 4.69) is 6.92 Å². The molecular formula is C46H87NO13. The van der Waals surface area contributed by atoms with E-state index >= 15 is 0 Å². The van der Waals surface area contributed by atoms with Crippen molar-refractivity contribution in [3.63, 3.8) is 0 Å². The van der Waals surface area contributed by atoms with Crippen LogP contribution in [0, 0.1) is 0 Å². The van der Waals surface area contributed by atoms with Gasteiger partial charge in [-0.1, -0.05) is 90.4 Å². The van der Waals surface area contributed by atoms with Crippen LogP contribution in [0.3, 0.4) is 0 Å². The first kappa shape index (κ1) is 56.4. The Balaban J connectivity index is 1.60. The zero-order valence-corrected chi connectivity index (χ0v) is 37.8. The molecule has 0 aromatic heterocycles. The number of hydrogen-bond acceptors (Lipinski definition) is 14. The molecule has 354 valence electrons. The third-order valence-electron chi connectivity index (χ3n) is 9.11. The number of ether oxygens (including phenoxy) is 13. The maximum absolute atomic E-state index is 5.69. The van der Waals surface area contributed by atoms with Crippen molar-refractivity contribution < 1.29 is 61.6 Å². The second-order valence-corrected chi connectivity index (χ2v) is 14.4. The van der Waals surface area contributed by atoms with Crippen LogP contribution >= 0.6 is 0 Å². The van der Waals surface area contributed by atoms with Gasteiger partial charge in [0.15, 0.2) is 0 Å². The summed E-state index contributed by atoms with van der Waals surface area (Å²) in [5, 5.41) is 0. The summed E-state index contributed by atoms with van der Waals surface area (Å²) in [5.41, 5.74) is 6.36. The van der Waals surface area contributed by atoms with Gasteiger partial charge in [0.2, 0.25) is 0 Å². The zero-order chi connectivity index (χ0) is 42.8. The van der Waals surface area contributed by atoms with E-state index in [-0.39, 0.29) is 0 Å². The third kappa shape index (κ3) is 45.9. The molecule has 1 aromatic carbocycles. The quantitative estimate of drug-likeness (QED) is 0.0515. The summed E-state index contributed by atoms with van der Waals surface area (Å²) in [4.78, 5) is 0. The van der Waals surface area contributed by atoms with E-state index in [0.717, 1.165) is 18.8 Å². The summed E-state index contributed by atoms with van der Waals surface area (Å²) in [7, 11) is 0. The molecule has 14 heteroatoms. The van der Waals surface area contributed by atoms with E-state index in [1.54, 1.807) is 12.1 Å². The summed E-state index contributed by atoms with van der Waals surface area (Å²) < 4.78 is 72.0. The van der Waals surface area contributed by atoms with Crippen molar-refractivity contribution in [1.29, 1.82) is 0 Å². The fourth-order valence-corrected chi connectivity index (χ4v) is 5.70. The Bertz CT molecular complexity index is 934. The van der Waals surface area contributed by atoms with E-state index in [0.29, 0.717) is 164 Å². The molecule has 0 saturated heterocycles. The second kappa shape index (κ2) is 50.0. The number of nitrogens with two attached hydrogens (primary N) is 1. The van der Waals surface area contributed by atoms with Crippen LogP contribution in [0.2, 0.25) is 0 Å². The number of rotatable bonds is 52. The van der Waals surface area contributed by atoms with Gasteiger partial charge >= 0.3 is 0 Å². The molecule has 0 radical (unpaired) electrons. The van der Waals surface area contributed by atoms with Crippen molar-refractivity contribution in [3.05, 3.63) is 24.3 Å². The van der Waals surface area contributed by atoms with Crippen LogP contribution in [-0.4, -0.2) is 165 Å². The molecule has 0 heterocycles. The fourth-order valence-electron chi connectivity index (χ4n) is 5.70. The molecule has 1 rings (SSSR count). The molecule has 0 fully saturated rings. The van der Waals surface area contributed by atoms with Crippen LogP contribution in [0.4, 0.5) is 5.69 Å². The maximum Gasteiger partial charge on any atom is 0.119 e. The van der Waals surface area contributed by atoms with Gasteiger partial charge in [0, 0.05) is 12.3 Å². The Kier molecular flexibility index (Phi) is 47.0. The van der Waals surface area contributed by atoms with Crippen LogP contribution < -0.4 is 10.5 Å². The Hall–Kier alpha value is -1.66. The summed E-state index contributed by atoms with van der Waals surface area (Å²) in [6.07, 6.45) is 19.2. The Morgan fingerprint density at radius 1 is 0.267 bits per heavy atom. The number of unbranched alkanes of at least 4 members (excludes halogenated alkanes) is 13. The molecule has 0 spiro atoms. The Morgan fingerprint density at radius 2 is 0.483 bits per heavy atom. The fraction of sp³-hybridized carbons (Fsp3) is 0.870. The predicted molar refractivity (Wildman–Crippen MR) is 236 cm³/mol. The molecule has 0 unspecified atom stereocenters. The first-order chi connectivity index (χ1) is 29.8. The smallest absolute Gasteiger partial charge is 0.119 e. The SMILES string of the molecule is CCCCCCCCCCCCCCCCOCCOCCOCCOCCOCCOCCOCCOCCOCCOCCOCCOCCOc1ccc(N)cc1. The van der Waals surface area contributed by atoms with Crippen molar-refractivity contribution in [1.82, 2.24) is 0 Å². The van der Waals surface area contributed by atoms with Crippen LogP contribution in [-0.2, 0) is 56.8 Å². The minimum atomic E-state index is 0.475. The highest BCUT2D eigenvalue weighted by Gasteiger charge is 1.99. The largest absolute Gasteiger partial charge is 0.491 e. The third-order valence-corrected chi connectivity index (χ3v) is 9.11. The molecule has 60 heavy (non-hydrogen) atoms. The monoisotopic (exact) mass is 862 g/mol. The number of hydrogen-bond donors (Lipinski definition) is 1. The molecule has 0 amide bonds. The molecule has 0 aliphatic heterocycles. The average Bonchev–Trinajstić information content (AvgIpc) is 3.26. The lowest BCUT2D eigenvalue weighted by Crippen LogP contribution is -2.15. The van der Waals surface area contributed by atoms with Gasteiger partial charge in [0.05, 0.1) is 152 Å². The highest BCUT2D eigenvalue weighted by molar-refractivity contribution is 5.41. The first-order valence-corrected chi connectivity index (χ1v) is 23.2. The summed E-state index contributed by atoms with van der Waals surface area (Å²) in [6.45, 7) is 15.7. The van der Waals surface area contributed by atoms with E-state index in [1.165, 1.54) is 83.5 Å². The van der Waals surface area contributed by atoms with Crippen molar-refractivity contribution in [2.45, 2.75) is 96.8 Å². The second-order valence-electron chi connectivity index (χ2n) is 14.4. The van der Waals surface area contributed by atoms with Crippen LogP contribution in [0.25, 0.3) is 0 Å². The number of anilines is 1. The van der Waals surface area contributed by atoms with E-state index in [1.807, 2.05) is 12.1 Å². The number of nitrogen functional groups attached to an aromatic ring is 1. The molecule has 0 atom stereocenters.